The Morgan fingerprint density at radius 3 is 2.78 bits per heavy atom. The number of pyridine rings is 1. The SMILES string of the molecule is OC(Cc1ccccn1)c1csc2ccccc12. The molecule has 3 aromatic rings. The summed E-state index contributed by atoms with van der Waals surface area (Å²) < 4.78 is 1.22. The van der Waals surface area contributed by atoms with Gasteiger partial charge in [0.2, 0.25) is 0 Å². The number of aromatic nitrogens is 1. The molecule has 2 nitrogen and oxygen atoms in total. The second-order valence-corrected chi connectivity index (χ2v) is 5.14. The molecular weight excluding hydrogens is 242 g/mol. The minimum atomic E-state index is -0.490. The summed E-state index contributed by atoms with van der Waals surface area (Å²) in [6.45, 7) is 0. The van der Waals surface area contributed by atoms with Crippen molar-refractivity contribution in [3.63, 3.8) is 0 Å². The molecular formula is C15H13NOS. The molecule has 90 valence electrons. The van der Waals surface area contributed by atoms with E-state index in [4.69, 9.17) is 0 Å². The molecule has 0 aliphatic rings. The van der Waals surface area contributed by atoms with Gasteiger partial charge in [0.15, 0.2) is 0 Å². The van der Waals surface area contributed by atoms with E-state index in [1.165, 1.54) is 4.70 Å². The molecule has 1 N–H and O–H groups in total. The summed E-state index contributed by atoms with van der Waals surface area (Å²) in [7, 11) is 0. The molecule has 2 heterocycles. The van der Waals surface area contributed by atoms with E-state index in [1.54, 1.807) is 17.5 Å². The molecule has 0 aliphatic heterocycles. The largest absolute Gasteiger partial charge is 0.388 e. The number of hydrogen-bond acceptors (Lipinski definition) is 3. The van der Waals surface area contributed by atoms with Crippen molar-refractivity contribution in [1.29, 1.82) is 0 Å². The van der Waals surface area contributed by atoms with Crippen molar-refractivity contribution in [2.45, 2.75) is 12.5 Å². The minimum absolute atomic E-state index is 0.490. The van der Waals surface area contributed by atoms with Crippen molar-refractivity contribution in [1.82, 2.24) is 4.98 Å². The van der Waals surface area contributed by atoms with Gasteiger partial charge in [-0.1, -0.05) is 24.3 Å². The lowest BCUT2D eigenvalue weighted by Crippen LogP contribution is -2.02. The lowest BCUT2D eigenvalue weighted by molar-refractivity contribution is 0.179. The predicted octanol–water partition coefficient (Wildman–Crippen LogP) is 3.57. The summed E-state index contributed by atoms with van der Waals surface area (Å²) in [5.74, 6) is 0. The van der Waals surface area contributed by atoms with Crippen LogP contribution < -0.4 is 0 Å². The van der Waals surface area contributed by atoms with Gasteiger partial charge < -0.3 is 5.11 Å². The second kappa shape index (κ2) is 4.88. The van der Waals surface area contributed by atoms with Gasteiger partial charge in [0.25, 0.3) is 0 Å². The topological polar surface area (TPSA) is 33.1 Å². The summed E-state index contributed by atoms with van der Waals surface area (Å²) in [6, 6.07) is 13.9. The van der Waals surface area contributed by atoms with Gasteiger partial charge in [-0.2, -0.15) is 0 Å². The van der Waals surface area contributed by atoms with E-state index in [0.717, 1.165) is 16.6 Å². The molecule has 0 aliphatic carbocycles. The first-order chi connectivity index (χ1) is 8.84. The molecule has 1 atom stereocenters. The van der Waals surface area contributed by atoms with Crippen LogP contribution in [0.15, 0.2) is 54.0 Å². The van der Waals surface area contributed by atoms with E-state index in [-0.39, 0.29) is 0 Å². The minimum Gasteiger partial charge on any atom is -0.388 e. The fourth-order valence-electron chi connectivity index (χ4n) is 2.08. The third-order valence-electron chi connectivity index (χ3n) is 3.00. The molecule has 0 saturated carbocycles. The van der Waals surface area contributed by atoms with Crippen molar-refractivity contribution >= 4 is 21.4 Å². The molecule has 0 saturated heterocycles. The quantitative estimate of drug-likeness (QED) is 0.776. The maximum Gasteiger partial charge on any atom is 0.0859 e. The second-order valence-electron chi connectivity index (χ2n) is 4.23. The number of nitrogens with zero attached hydrogens (tertiary/aromatic N) is 1. The van der Waals surface area contributed by atoms with E-state index in [0.29, 0.717) is 6.42 Å². The highest BCUT2D eigenvalue weighted by Gasteiger charge is 2.13. The number of hydrogen-bond donors (Lipinski definition) is 1. The van der Waals surface area contributed by atoms with E-state index < -0.39 is 6.10 Å². The van der Waals surface area contributed by atoms with Crippen LogP contribution in [0.25, 0.3) is 10.1 Å². The molecule has 0 fully saturated rings. The maximum atomic E-state index is 10.3. The van der Waals surface area contributed by atoms with Gasteiger partial charge >= 0.3 is 0 Å². The Morgan fingerprint density at radius 2 is 1.94 bits per heavy atom. The molecule has 0 radical (unpaired) electrons. The molecule has 3 rings (SSSR count). The Hall–Kier alpha value is -1.71. The highest BCUT2D eigenvalue weighted by atomic mass is 32.1. The van der Waals surface area contributed by atoms with Gasteiger partial charge in [-0.25, -0.2) is 0 Å². The lowest BCUT2D eigenvalue weighted by atomic mass is 10.0. The summed E-state index contributed by atoms with van der Waals surface area (Å²) in [5.41, 5.74) is 1.92. The normalized spacial score (nSPS) is 12.7. The van der Waals surface area contributed by atoms with Gasteiger partial charge in [-0.3, -0.25) is 4.98 Å². The Bertz CT molecular complexity index is 648. The molecule has 3 heteroatoms. The van der Waals surface area contributed by atoms with Crippen LogP contribution in [0.5, 0.6) is 0 Å². The first-order valence-corrected chi connectivity index (χ1v) is 6.76. The third-order valence-corrected chi connectivity index (χ3v) is 3.98. The van der Waals surface area contributed by atoms with Crippen LogP contribution in [0, 0.1) is 0 Å². The maximum absolute atomic E-state index is 10.3. The van der Waals surface area contributed by atoms with Gasteiger partial charge in [0.1, 0.15) is 0 Å². The molecule has 0 bridgehead atoms. The number of aliphatic hydroxyl groups excluding tert-OH is 1. The Labute approximate surface area is 110 Å². The van der Waals surface area contributed by atoms with Crippen LogP contribution in [0.4, 0.5) is 0 Å². The van der Waals surface area contributed by atoms with Gasteiger partial charge in [0, 0.05) is 23.0 Å². The molecule has 2 aromatic heterocycles. The first-order valence-electron chi connectivity index (χ1n) is 5.89. The number of benzene rings is 1. The van der Waals surface area contributed by atoms with Crippen molar-refractivity contribution in [2.75, 3.05) is 0 Å². The predicted molar refractivity (Wildman–Crippen MR) is 74.7 cm³/mol. The summed E-state index contributed by atoms with van der Waals surface area (Å²) >= 11 is 1.67. The van der Waals surface area contributed by atoms with E-state index in [1.807, 2.05) is 35.7 Å². The van der Waals surface area contributed by atoms with Crippen molar-refractivity contribution in [2.24, 2.45) is 0 Å². The van der Waals surface area contributed by atoms with Gasteiger partial charge in [0.05, 0.1) is 6.10 Å². The third kappa shape index (κ3) is 2.15. The lowest BCUT2D eigenvalue weighted by Gasteiger charge is -2.09. The van der Waals surface area contributed by atoms with E-state index in [9.17, 15) is 5.11 Å². The van der Waals surface area contributed by atoms with Gasteiger partial charge in [-0.15, -0.1) is 11.3 Å². The zero-order chi connectivity index (χ0) is 12.4. The highest BCUT2D eigenvalue weighted by Crippen LogP contribution is 2.31. The van der Waals surface area contributed by atoms with Crippen LogP contribution >= 0.6 is 11.3 Å². The average molecular weight is 255 g/mol. The first kappa shape index (κ1) is 11.4. The van der Waals surface area contributed by atoms with Crippen LogP contribution in [0.1, 0.15) is 17.4 Å². The van der Waals surface area contributed by atoms with Crippen LogP contribution in [-0.4, -0.2) is 10.1 Å². The van der Waals surface area contributed by atoms with Crippen molar-refractivity contribution in [3.8, 4) is 0 Å². The van der Waals surface area contributed by atoms with Crippen molar-refractivity contribution < 1.29 is 5.11 Å². The number of fused-ring (bicyclic) bond motifs is 1. The fraction of sp³-hybridized carbons (Fsp3) is 0.133. The Morgan fingerprint density at radius 1 is 1.11 bits per heavy atom. The Balaban J connectivity index is 1.90. The number of thiophene rings is 1. The summed E-state index contributed by atoms with van der Waals surface area (Å²) in [6.07, 6.45) is 1.83. The summed E-state index contributed by atoms with van der Waals surface area (Å²) in [5, 5.41) is 13.5. The average Bonchev–Trinajstić information content (AvgIpc) is 2.84. The highest BCUT2D eigenvalue weighted by molar-refractivity contribution is 7.17. The molecule has 1 unspecified atom stereocenters. The molecule has 18 heavy (non-hydrogen) atoms. The van der Waals surface area contributed by atoms with E-state index >= 15 is 0 Å². The zero-order valence-electron chi connectivity index (χ0n) is 9.78. The molecule has 0 amide bonds. The zero-order valence-corrected chi connectivity index (χ0v) is 10.6. The molecule has 1 aromatic carbocycles. The fourth-order valence-corrected chi connectivity index (χ4v) is 3.09. The Kier molecular flexibility index (Phi) is 3.09. The van der Waals surface area contributed by atoms with Crippen molar-refractivity contribution in [3.05, 3.63) is 65.3 Å². The monoisotopic (exact) mass is 255 g/mol. The van der Waals surface area contributed by atoms with Crippen LogP contribution in [0.2, 0.25) is 0 Å². The smallest absolute Gasteiger partial charge is 0.0859 e. The number of rotatable bonds is 3. The van der Waals surface area contributed by atoms with Crippen LogP contribution in [-0.2, 0) is 6.42 Å². The number of aliphatic hydroxyl groups is 1. The standard InChI is InChI=1S/C15H13NOS/c17-14(9-11-5-3-4-8-16-11)13-10-18-15-7-2-1-6-12(13)15/h1-8,10,14,17H,9H2. The molecule has 0 spiro atoms. The van der Waals surface area contributed by atoms with Gasteiger partial charge in [-0.05, 0) is 34.5 Å². The summed E-state index contributed by atoms with van der Waals surface area (Å²) in [4.78, 5) is 4.25. The van der Waals surface area contributed by atoms with Crippen LogP contribution in [0.3, 0.4) is 0 Å². The van der Waals surface area contributed by atoms with E-state index in [2.05, 4.69) is 17.1 Å².